The molecule has 9 nitrogen and oxygen atoms in total. The molecule has 0 saturated heterocycles. The van der Waals surface area contributed by atoms with Gasteiger partial charge in [-0.1, -0.05) is 26.0 Å². The van der Waals surface area contributed by atoms with E-state index in [0.29, 0.717) is 23.0 Å². The van der Waals surface area contributed by atoms with Gasteiger partial charge in [0.05, 0.1) is 11.1 Å². The highest BCUT2D eigenvalue weighted by Crippen LogP contribution is 2.25. The molecular formula is C18H15N5O4. The Kier molecular flexibility index (Phi) is 4.99. The van der Waals surface area contributed by atoms with Crippen LogP contribution in [-0.4, -0.2) is 16.1 Å². The molecule has 0 bridgehead atoms. The summed E-state index contributed by atoms with van der Waals surface area (Å²) in [7, 11) is 0. The lowest BCUT2D eigenvalue weighted by Crippen LogP contribution is -1.90. The summed E-state index contributed by atoms with van der Waals surface area (Å²) in [6.07, 6.45) is 1.40. The predicted octanol–water partition coefficient (Wildman–Crippen LogP) is 4.28. The fourth-order valence-electron chi connectivity index (χ4n) is 2.24. The average Bonchev–Trinajstić information content (AvgIpc) is 3.29. The molecule has 1 aromatic carbocycles. The molecule has 1 N–H and O–H groups in total. The molecule has 0 aliphatic heterocycles. The highest BCUT2D eigenvalue weighted by molar-refractivity contribution is 5.78. The third-order valence-electron chi connectivity index (χ3n) is 3.57. The third-order valence-corrected chi connectivity index (χ3v) is 3.57. The summed E-state index contributed by atoms with van der Waals surface area (Å²) in [6, 6.07) is 11.4. The molecule has 136 valence electrons. The van der Waals surface area contributed by atoms with Crippen molar-refractivity contribution in [1.29, 1.82) is 5.26 Å². The first-order chi connectivity index (χ1) is 13.0. The Balaban J connectivity index is 1.74. The largest absolute Gasteiger partial charge is 0.455 e. The van der Waals surface area contributed by atoms with Gasteiger partial charge in [0, 0.05) is 23.6 Å². The number of nitro groups is 1. The molecule has 0 saturated carbocycles. The Morgan fingerprint density at radius 3 is 2.85 bits per heavy atom. The van der Waals surface area contributed by atoms with Gasteiger partial charge in [0.25, 0.3) is 11.6 Å². The van der Waals surface area contributed by atoms with Crippen molar-refractivity contribution in [2.24, 2.45) is 5.10 Å². The minimum atomic E-state index is -0.464. The molecule has 0 radical (unpaired) electrons. The van der Waals surface area contributed by atoms with Crippen LogP contribution in [0.1, 0.15) is 37.1 Å². The molecule has 3 rings (SSSR count). The topological polar surface area (TPSA) is 130 Å². The Bertz CT molecular complexity index is 1040. The van der Waals surface area contributed by atoms with Gasteiger partial charge in [0.15, 0.2) is 0 Å². The molecule has 27 heavy (non-hydrogen) atoms. The van der Waals surface area contributed by atoms with E-state index in [0.717, 1.165) is 0 Å². The number of hydrazone groups is 1. The zero-order chi connectivity index (χ0) is 19.4. The van der Waals surface area contributed by atoms with Crippen molar-refractivity contribution in [2.45, 2.75) is 19.8 Å². The minimum absolute atomic E-state index is 0.0175. The number of rotatable bonds is 6. The Morgan fingerprint density at radius 2 is 2.15 bits per heavy atom. The lowest BCUT2D eigenvalue weighted by molar-refractivity contribution is -0.384. The van der Waals surface area contributed by atoms with Crippen molar-refractivity contribution in [1.82, 2.24) is 4.98 Å². The highest BCUT2D eigenvalue weighted by Gasteiger charge is 2.15. The number of hydrogen-bond donors (Lipinski definition) is 1. The fourth-order valence-corrected chi connectivity index (χ4v) is 2.24. The quantitative estimate of drug-likeness (QED) is 0.392. The van der Waals surface area contributed by atoms with Crippen LogP contribution in [0.2, 0.25) is 0 Å². The molecule has 2 aromatic heterocycles. The molecular weight excluding hydrogens is 350 g/mol. The van der Waals surface area contributed by atoms with Gasteiger partial charge in [-0.25, -0.2) is 10.4 Å². The number of non-ortho nitro benzene ring substituents is 1. The summed E-state index contributed by atoms with van der Waals surface area (Å²) >= 11 is 0. The van der Waals surface area contributed by atoms with Crippen molar-refractivity contribution in [3.05, 3.63) is 63.9 Å². The van der Waals surface area contributed by atoms with Crippen LogP contribution < -0.4 is 5.43 Å². The molecule has 0 aliphatic rings. The molecule has 0 spiro atoms. The maximum Gasteiger partial charge on any atom is 0.270 e. The van der Waals surface area contributed by atoms with Crippen LogP contribution in [0.15, 0.2) is 50.3 Å². The third kappa shape index (κ3) is 4.01. The number of benzene rings is 1. The Hall–Kier alpha value is -3.93. The number of hydrogen-bond acceptors (Lipinski definition) is 8. The summed E-state index contributed by atoms with van der Waals surface area (Å²) in [5, 5.41) is 23.9. The van der Waals surface area contributed by atoms with E-state index in [1.54, 1.807) is 24.3 Å². The molecule has 0 fully saturated rings. The van der Waals surface area contributed by atoms with Crippen LogP contribution in [0.5, 0.6) is 0 Å². The smallest absolute Gasteiger partial charge is 0.270 e. The number of aromatic nitrogens is 1. The van der Waals surface area contributed by atoms with Gasteiger partial charge in [-0.2, -0.15) is 10.4 Å². The molecule has 0 amide bonds. The zero-order valence-electron chi connectivity index (χ0n) is 14.5. The van der Waals surface area contributed by atoms with Gasteiger partial charge >= 0.3 is 0 Å². The Labute approximate surface area is 154 Å². The summed E-state index contributed by atoms with van der Waals surface area (Å²) in [5.74, 6) is 1.53. The van der Waals surface area contributed by atoms with Gasteiger partial charge in [-0.15, -0.1) is 0 Å². The van der Waals surface area contributed by atoms with Crippen LogP contribution >= 0.6 is 0 Å². The zero-order valence-corrected chi connectivity index (χ0v) is 14.5. The van der Waals surface area contributed by atoms with E-state index in [4.69, 9.17) is 14.1 Å². The summed E-state index contributed by atoms with van der Waals surface area (Å²) in [5.41, 5.74) is 3.31. The van der Waals surface area contributed by atoms with Gasteiger partial charge in [-0.05, 0) is 12.1 Å². The molecule has 3 aromatic rings. The SMILES string of the molecule is CC(C)c1nc(C#N)c(NN=Cc2ccc(-c3cccc([N+](=O)[O-])c3)o2)o1. The highest BCUT2D eigenvalue weighted by atomic mass is 16.6. The number of nitro benzene ring substituents is 1. The molecule has 9 heteroatoms. The molecule has 0 aliphatic carbocycles. The normalized spacial score (nSPS) is 11.0. The minimum Gasteiger partial charge on any atom is -0.455 e. The van der Waals surface area contributed by atoms with Crippen molar-refractivity contribution in [3.63, 3.8) is 0 Å². The summed E-state index contributed by atoms with van der Waals surface area (Å²) in [6.45, 7) is 3.80. The van der Waals surface area contributed by atoms with Crippen LogP contribution in [0.3, 0.4) is 0 Å². The number of furan rings is 1. The van der Waals surface area contributed by atoms with E-state index in [2.05, 4.69) is 15.5 Å². The van der Waals surface area contributed by atoms with Crippen LogP contribution in [-0.2, 0) is 0 Å². The van der Waals surface area contributed by atoms with Crippen molar-refractivity contribution in [2.75, 3.05) is 5.43 Å². The first kappa shape index (κ1) is 17.9. The lowest BCUT2D eigenvalue weighted by atomic mass is 10.1. The second-order valence-corrected chi connectivity index (χ2v) is 5.88. The second kappa shape index (κ2) is 7.53. The van der Waals surface area contributed by atoms with Crippen LogP contribution in [0, 0.1) is 21.4 Å². The fraction of sp³-hybridized carbons (Fsp3) is 0.167. The standard InChI is InChI=1S/C18H15N5O4/c1-11(2)17-21-15(9-19)18(27-17)22-20-10-14-6-7-16(26-14)12-4-3-5-13(8-12)23(24)25/h3-8,10-11,22H,1-2H3. The van der Waals surface area contributed by atoms with Crippen molar-refractivity contribution >= 4 is 17.8 Å². The van der Waals surface area contributed by atoms with Gasteiger partial charge in [0.2, 0.25) is 11.6 Å². The predicted molar refractivity (Wildman–Crippen MR) is 97.3 cm³/mol. The summed E-state index contributed by atoms with van der Waals surface area (Å²) in [4.78, 5) is 14.5. The van der Waals surface area contributed by atoms with E-state index in [1.165, 1.54) is 18.3 Å². The van der Waals surface area contributed by atoms with Gasteiger partial charge < -0.3 is 8.83 Å². The van der Waals surface area contributed by atoms with Crippen molar-refractivity contribution in [3.8, 4) is 17.4 Å². The van der Waals surface area contributed by atoms with E-state index >= 15 is 0 Å². The van der Waals surface area contributed by atoms with Gasteiger partial charge in [-0.3, -0.25) is 10.1 Å². The number of oxazole rings is 1. The second-order valence-electron chi connectivity index (χ2n) is 5.88. The van der Waals surface area contributed by atoms with Gasteiger partial charge in [0.1, 0.15) is 17.6 Å². The molecule has 2 heterocycles. The van der Waals surface area contributed by atoms with Crippen LogP contribution in [0.4, 0.5) is 11.6 Å². The number of nitrogens with zero attached hydrogens (tertiary/aromatic N) is 4. The number of nitriles is 1. The van der Waals surface area contributed by atoms with Crippen molar-refractivity contribution < 1.29 is 13.8 Å². The number of anilines is 1. The Morgan fingerprint density at radius 1 is 1.33 bits per heavy atom. The monoisotopic (exact) mass is 365 g/mol. The molecule has 0 atom stereocenters. The first-order valence-electron chi connectivity index (χ1n) is 8.02. The molecule has 0 unspecified atom stereocenters. The maximum absolute atomic E-state index is 10.9. The van der Waals surface area contributed by atoms with E-state index in [9.17, 15) is 10.1 Å². The lowest BCUT2D eigenvalue weighted by Gasteiger charge is -1.97. The van der Waals surface area contributed by atoms with Crippen LogP contribution in [0.25, 0.3) is 11.3 Å². The average molecular weight is 365 g/mol. The van der Waals surface area contributed by atoms with E-state index in [-0.39, 0.29) is 23.2 Å². The van der Waals surface area contributed by atoms with E-state index < -0.39 is 4.92 Å². The first-order valence-corrected chi connectivity index (χ1v) is 8.02. The van der Waals surface area contributed by atoms with E-state index in [1.807, 2.05) is 19.9 Å². The summed E-state index contributed by atoms with van der Waals surface area (Å²) < 4.78 is 11.1. The number of nitrogens with one attached hydrogen (secondary N) is 1. The maximum atomic E-state index is 10.9.